The van der Waals surface area contributed by atoms with Crippen molar-refractivity contribution in [2.75, 3.05) is 0 Å². The van der Waals surface area contributed by atoms with Crippen molar-refractivity contribution in [3.05, 3.63) is 90.8 Å². The van der Waals surface area contributed by atoms with Gasteiger partial charge in [0, 0.05) is 11.1 Å². The first-order valence-electron chi connectivity index (χ1n) is 8.98. The summed E-state index contributed by atoms with van der Waals surface area (Å²) in [6, 6.07) is 29.1. The summed E-state index contributed by atoms with van der Waals surface area (Å²) in [7, 11) is 0. The molecule has 3 nitrogen and oxygen atoms in total. The van der Waals surface area contributed by atoms with Gasteiger partial charge in [-0.25, -0.2) is 15.0 Å². The van der Waals surface area contributed by atoms with Crippen molar-refractivity contribution in [3.63, 3.8) is 0 Å². The van der Waals surface area contributed by atoms with E-state index in [9.17, 15) is 0 Å². The topological polar surface area (TPSA) is 38.7 Å². The van der Waals surface area contributed by atoms with Crippen LogP contribution in [0.5, 0.6) is 0 Å². The summed E-state index contributed by atoms with van der Waals surface area (Å²) in [4.78, 5) is 14.1. The molecule has 0 bridgehead atoms. The van der Waals surface area contributed by atoms with Crippen molar-refractivity contribution in [2.24, 2.45) is 0 Å². The molecule has 0 unspecified atom stereocenters. The van der Waals surface area contributed by atoms with Gasteiger partial charge in [0.15, 0.2) is 11.6 Å². The Morgan fingerprint density at radius 2 is 0.926 bits per heavy atom. The summed E-state index contributed by atoms with van der Waals surface area (Å²) in [5.41, 5.74) is 2.06. The van der Waals surface area contributed by atoms with Crippen molar-refractivity contribution in [3.8, 4) is 22.8 Å². The van der Waals surface area contributed by atoms with Crippen molar-refractivity contribution in [1.29, 1.82) is 0 Å². The van der Waals surface area contributed by atoms with Gasteiger partial charge in [0.25, 0.3) is 0 Å². The molecule has 0 aliphatic heterocycles. The number of nitrogens with zero attached hydrogens (tertiary/aromatic N) is 3. The summed E-state index contributed by atoms with van der Waals surface area (Å²) in [5, 5.41) is 4.66. The fourth-order valence-electron chi connectivity index (χ4n) is 3.56. The molecule has 0 fully saturated rings. The van der Waals surface area contributed by atoms with Crippen LogP contribution in [0.15, 0.2) is 84.9 Å². The van der Waals surface area contributed by atoms with Crippen LogP contribution in [-0.4, -0.2) is 15.0 Å². The van der Waals surface area contributed by atoms with Gasteiger partial charge in [-0.05, 0) is 28.5 Å². The van der Waals surface area contributed by atoms with E-state index in [1.165, 1.54) is 10.8 Å². The van der Waals surface area contributed by atoms with Crippen molar-refractivity contribution in [2.45, 2.75) is 6.92 Å². The Hall–Kier alpha value is -3.59. The highest BCUT2D eigenvalue weighted by molar-refractivity contribution is 5.97. The Balaban J connectivity index is 1.76. The van der Waals surface area contributed by atoms with Crippen LogP contribution in [0.1, 0.15) is 5.82 Å². The van der Waals surface area contributed by atoms with Gasteiger partial charge in [0.05, 0.1) is 0 Å². The van der Waals surface area contributed by atoms with Gasteiger partial charge in [-0.1, -0.05) is 84.9 Å². The second kappa shape index (κ2) is 6.29. The van der Waals surface area contributed by atoms with E-state index in [-0.39, 0.29) is 0 Å². The maximum absolute atomic E-state index is 4.85. The van der Waals surface area contributed by atoms with Gasteiger partial charge in [-0.15, -0.1) is 0 Å². The molecule has 0 saturated heterocycles. The number of aryl methyl sites for hydroxylation is 1. The standard InChI is InChI=1S/C24H17N3/c1-16-25-23(21-14-6-10-17-8-2-4-12-19(17)21)27-24(26-16)22-15-7-11-18-9-3-5-13-20(18)22/h2-15H,1H3. The van der Waals surface area contributed by atoms with Gasteiger partial charge in [0.2, 0.25) is 0 Å². The van der Waals surface area contributed by atoms with E-state index in [1.54, 1.807) is 0 Å². The minimum absolute atomic E-state index is 0.710. The van der Waals surface area contributed by atoms with Crippen LogP contribution in [0.25, 0.3) is 44.3 Å². The third-order valence-corrected chi connectivity index (χ3v) is 4.81. The zero-order valence-corrected chi connectivity index (χ0v) is 14.9. The third kappa shape index (κ3) is 2.74. The Bertz CT molecular complexity index is 1180. The SMILES string of the molecule is Cc1nc(-c2cccc3ccccc23)nc(-c2cccc3ccccc23)n1. The van der Waals surface area contributed by atoms with E-state index in [0.717, 1.165) is 27.7 Å². The molecule has 3 heteroatoms. The molecule has 0 N–H and O–H groups in total. The zero-order chi connectivity index (χ0) is 18.2. The molecule has 5 rings (SSSR count). The van der Waals surface area contributed by atoms with E-state index in [2.05, 4.69) is 58.5 Å². The highest BCUT2D eigenvalue weighted by Gasteiger charge is 2.12. The molecule has 0 aliphatic rings. The molecular formula is C24H17N3. The number of fused-ring (bicyclic) bond motifs is 2. The summed E-state index contributed by atoms with van der Waals surface area (Å²) >= 11 is 0. The highest BCUT2D eigenvalue weighted by Crippen LogP contribution is 2.30. The molecule has 5 aromatic rings. The van der Waals surface area contributed by atoms with Crippen molar-refractivity contribution >= 4 is 21.5 Å². The van der Waals surface area contributed by atoms with Gasteiger partial charge in [-0.3, -0.25) is 0 Å². The predicted octanol–water partition coefficient (Wildman–Crippen LogP) is 5.82. The number of rotatable bonds is 2. The van der Waals surface area contributed by atoms with Gasteiger partial charge < -0.3 is 0 Å². The van der Waals surface area contributed by atoms with Crippen LogP contribution < -0.4 is 0 Å². The summed E-state index contributed by atoms with van der Waals surface area (Å²) in [6.45, 7) is 1.92. The average Bonchev–Trinajstić information content (AvgIpc) is 2.72. The maximum atomic E-state index is 4.85. The van der Waals surface area contributed by atoms with Crippen molar-refractivity contribution < 1.29 is 0 Å². The summed E-state index contributed by atoms with van der Waals surface area (Å²) in [6.07, 6.45) is 0. The fraction of sp³-hybridized carbons (Fsp3) is 0.0417. The monoisotopic (exact) mass is 347 g/mol. The molecule has 128 valence electrons. The maximum Gasteiger partial charge on any atom is 0.164 e. The Labute approximate surface area is 157 Å². The number of hydrogen-bond acceptors (Lipinski definition) is 3. The lowest BCUT2D eigenvalue weighted by atomic mass is 10.0. The normalized spacial score (nSPS) is 11.1. The van der Waals surface area contributed by atoms with Crippen LogP contribution >= 0.6 is 0 Å². The number of benzene rings is 4. The lowest BCUT2D eigenvalue weighted by molar-refractivity contribution is 0.994. The first-order chi connectivity index (χ1) is 13.3. The van der Waals surface area contributed by atoms with Crippen LogP contribution in [0.3, 0.4) is 0 Å². The van der Waals surface area contributed by atoms with Gasteiger partial charge in [-0.2, -0.15) is 0 Å². The largest absolute Gasteiger partial charge is 0.213 e. The summed E-state index contributed by atoms with van der Waals surface area (Å²) in [5.74, 6) is 2.14. The average molecular weight is 347 g/mol. The Morgan fingerprint density at radius 1 is 0.481 bits per heavy atom. The number of hydrogen-bond donors (Lipinski definition) is 0. The third-order valence-electron chi connectivity index (χ3n) is 4.81. The van der Waals surface area contributed by atoms with E-state index >= 15 is 0 Å². The van der Waals surface area contributed by atoms with E-state index in [1.807, 2.05) is 43.3 Å². The number of aromatic nitrogens is 3. The minimum atomic E-state index is 0.710. The van der Waals surface area contributed by atoms with Crippen molar-refractivity contribution in [1.82, 2.24) is 15.0 Å². The lowest BCUT2D eigenvalue weighted by Crippen LogP contribution is -2.00. The minimum Gasteiger partial charge on any atom is -0.213 e. The Kier molecular flexibility index (Phi) is 3.65. The second-order valence-corrected chi connectivity index (χ2v) is 6.58. The molecule has 0 saturated carbocycles. The molecule has 1 heterocycles. The van der Waals surface area contributed by atoms with E-state index in [4.69, 9.17) is 4.98 Å². The lowest BCUT2D eigenvalue weighted by Gasteiger charge is -2.10. The molecule has 0 spiro atoms. The molecular weight excluding hydrogens is 330 g/mol. The van der Waals surface area contributed by atoms with Crippen LogP contribution in [0.2, 0.25) is 0 Å². The van der Waals surface area contributed by atoms with Crippen LogP contribution in [-0.2, 0) is 0 Å². The molecule has 4 aromatic carbocycles. The quantitative estimate of drug-likeness (QED) is 0.404. The second-order valence-electron chi connectivity index (χ2n) is 6.58. The van der Waals surface area contributed by atoms with Gasteiger partial charge in [0.1, 0.15) is 5.82 Å². The van der Waals surface area contributed by atoms with E-state index in [0.29, 0.717) is 11.6 Å². The highest BCUT2D eigenvalue weighted by atomic mass is 15.0. The predicted molar refractivity (Wildman–Crippen MR) is 110 cm³/mol. The molecule has 0 aliphatic carbocycles. The molecule has 0 atom stereocenters. The van der Waals surface area contributed by atoms with E-state index < -0.39 is 0 Å². The summed E-state index contributed by atoms with van der Waals surface area (Å²) < 4.78 is 0. The van der Waals surface area contributed by atoms with Crippen LogP contribution in [0, 0.1) is 6.92 Å². The van der Waals surface area contributed by atoms with Gasteiger partial charge >= 0.3 is 0 Å². The molecule has 27 heavy (non-hydrogen) atoms. The van der Waals surface area contributed by atoms with Crippen LogP contribution in [0.4, 0.5) is 0 Å². The molecule has 0 radical (unpaired) electrons. The first-order valence-corrected chi connectivity index (χ1v) is 8.98. The Morgan fingerprint density at radius 3 is 1.44 bits per heavy atom. The first kappa shape index (κ1) is 15.6. The zero-order valence-electron chi connectivity index (χ0n) is 14.9. The molecule has 0 amide bonds. The fourth-order valence-corrected chi connectivity index (χ4v) is 3.56. The smallest absolute Gasteiger partial charge is 0.164 e. The molecule has 1 aromatic heterocycles.